The number of alkyl halides is 1. The first kappa shape index (κ1) is 12.4. The largest absolute Gasteiger partial charge is 0.294 e. The summed E-state index contributed by atoms with van der Waals surface area (Å²) in [5.41, 5.74) is 2.03. The van der Waals surface area contributed by atoms with Crippen molar-refractivity contribution < 1.29 is 4.79 Å². The van der Waals surface area contributed by atoms with Gasteiger partial charge in [0.1, 0.15) is 0 Å². The second-order valence-electron chi connectivity index (χ2n) is 4.66. The van der Waals surface area contributed by atoms with Crippen molar-refractivity contribution in [2.24, 2.45) is 0 Å². The molecule has 0 saturated carbocycles. The second kappa shape index (κ2) is 4.93. The molecule has 0 aromatic heterocycles. The quantitative estimate of drug-likeness (QED) is 0.599. The van der Waals surface area contributed by atoms with E-state index in [1.807, 2.05) is 24.3 Å². The van der Waals surface area contributed by atoms with E-state index in [4.69, 9.17) is 0 Å². The number of carbonyl (C=O) groups is 1. The molecular formula is C13H17BrO. The van der Waals surface area contributed by atoms with Crippen LogP contribution in [0.3, 0.4) is 0 Å². The van der Waals surface area contributed by atoms with Gasteiger partial charge in [0.2, 0.25) is 0 Å². The SMILES string of the molecule is CC(C)(C)c1ccccc1C(=O)CCBr. The predicted octanol–water partition coefficient (Wildman–Crippen LogP) is 3.95. The summed E-state index contributed by atoms with van der Waals surface area (Å²) in [6, 6.07) is 7.88. The highest BCUT2D eigenvalue weighted by molar-refractivity contribution is 9.09. The number of carbonyl (C=O) groups excluding carboxylic acids is 1. The van der Waals surface area contributed by atoms with Crippen molar-refractivity contribution in [3.8, 4) is 0 Å². The van der Waals surface area contributed by atoms with Gasteiger partial charge in [0.05, 0.1) is 0 Å². The molecule has 0 atom stereocenters. The molecule has 0 saturated heterocycles. The Morgan fingerprint density at radius 3 is 2.40 bits per heavy atom. The molecule has 1 nitrogen and oxygen atoms in total. The summed E-state index contributed by atoms with van der Waals surface area (Å²) in [5.74, 6) is 0.220. The molecule has 0 aliphatic heterocycles. The maximum absolute atomic E-state index is 11.9. The minimum absolute atomic E-state index is 0.0264. The minimum Gasteiger partial charge on any atom is -0.294 e. The fourth-order valence-corrected chi connectivity index (χ4v) is 1.96. The summed E-state index contributed by atoms with van der Waals surface area (Å²) in [5, 5.41) is 0.726. The van der Waals surface area contributed by atoms with Crippen molar-refractivity contribution in [2.75, 3.05) is 5.33 Å². The molecule has 0 unspecified atom stereocenters. The van der Waals surface area contributed by atoms with Gasteiger partial charge >= 0.3 is 0 Å². The third kappa shape index (κ3) is 3.16. The number of ketones is 1. The number of hydrogen-bond acceptors (Lipinski definition) is 1. The van der Waals surface area contributed by atoms with Crippen LogP contribution in [0.1, 0.15) is 43.1 Å². The van der Waals surface area contributed by atoms with Crippen molar-refractivity contribution in [2.45, 2.75) is 32.6 Å². The van der Waals surface area contributed by atoms with Crippen LogP contribution in [0.2, 0.25) is 0 Å². The van der Waals surface area contributed by atoms with E-state index in [1.54, 1.807) is 0 Å². The first-order valence-corrected chi connectivity index (χ1v) is 6.27. The van der Waals surface area contributed by atoms with Crippen molar-refractivity contribution in [3.05, 3.63) is 35.4 Å². The first-order chi connectivity index (χ1) is 6.96. The van der Waals surface area contributed by atoms with Crippen molar-refractivity contribution in [3.63, 3.8) is 0 Å². The lowest BCUT2D eigenvalue weighted by Crippen LogP contribution is -2.16. The second-order valence-corrected chi connectivity index (χ2v) is 5.45. The van der Waals surface area contributed by atoms with Crippen LogP contribution in [0.25, 0.3) is 0 Å². The molecule has 82 valence electrons. The van der Waals surface area contributed by atoms with Gasteiger partial charge < -0.3 is 0 Å². The topological polar surface area (TPSA) is 17.1 Å². The number of halogens is 1. The smallest absolute Gasteiger partial charge is 0.164 e. The van der Waals surface area contributed by atoms with Gasteiger partial charge in [0.15, 0.2) is 5.78 Å². The molecule has 0 amide bonds. The van der Waals surface area contributed by atoms with Gasteiger partial charge in [-0.15, -0.1) is 0 Å². The Labute approximate surface area is 100 Å². The molecule has 0 fully saturated rings. The predicted molar refractivity (Wildman–Crippen MR) is 67.9 cm³/mol. The van der Waals surface area contributed by atoms with E-state index in [-0.39, 0.29) is 11.2 Å². The highest BCUT2D eigenvalue weighted by Crippen LogP contribution is 2.26. The molecule has 0 aliphatic carbocycles. The summed E-state index contributed by atoms with van der Waals surface area (Å²) in [6.07, 6.45) is 0.563. The van der Waals surface area contributed by atoms with E-state index in [9.17, 15) is 4.79 Å². The van der Waals surface area contributed by atoms with Crippen LogP contribution in [0, 0.1) is 0 Å². The van der Waals surface area contributed by atoms with Gasteiger partial charge in [-0.3, -0.25) is 4.79 Å². The number of hydrogen-bond donors (Lipinski definition) is 0. The van der Waals surface area contributed by atoms with Crippen LogP contribution >= 0.6 is 15.9 Å². The van der Waals surface area contributed by atoms with Crippen molar-refractivity contribution >= 4 is 21.7 Å². The number of rotatable bonds is 3. The van der Waals surface area contributed by atoms with Gasteiger partial charge in [-0.1, -0.05) is 61.0 Å². The maximum atomic E-state index is 11.9. The standard InChI is InChI=1S/C13H17BrO/c1-13(2,3)11-7-5-4-6-10(11)12(15)8-9-14/h4-7H,8-9H2,1-3H3. The Kier molecular flexibility index (Phi) is 4.09. The van der Waals surface area contributed by atoms with E-state index < -0.39 is 0 Å². The van der Waals surface area contributed by atoms with Gasteiger partial charge in [0, 0.05) is 17.3 Å². The Morgan fingerprint density at radius 1 is 1.27 bits per heavy atom. The molecule has 0 bridgehead atoms. The van der Waals surface area contributed by atoms with Crippen molar-refractivity contribution in [1.29, 1.82) is 0 Å². The lowest BCUT2D eigenvalue weighted by atomic mass is 9.82. The molecule has 15 heavy (non-hydrogen) atoms. The third-order valence-electron chi connectivity index (χ3n) is 2.36. The van der Waals surface area contributed by atoms with E-state index in [0.717, 1.165) is 16.5 Å². The molecule has 0 N–H and O–H groups in total. The Balaban J connectivity index is 3.12. The lowest BCUT2D eigenvalue weighted by Gasteiger charge is -2.22. The molecule has 1 aromatic rings. The van der Waals surface area contributed by atoms with E-state index >= 15 is 0 Å². The molecular weight excluding hydrogens is 252 g/mol. The van der Waals surface area contributed by atoms with Gasteiger partial charge in [-0.25, -0.2) is 0 Å². The van der Waals surface area contributed by atoms with E-state index in [0.29, 0.717) is 6.42 Å². The van der Waals surface area contributed by atoms with Crippen LogP contribution in [-0.2, 0) is 5.41 Å². The highest BCUT2D eigenvalue weighted by atomic mass is 79.9. The summed E-state index contributed by atoms with van der Waals surface area (Å²) >= 11 is 3.30. The fraction of sp³-hybridized carbons (Fsp3) is 0.462. The molecule has 0 spiro atoms. The Morgan fingerprint density at radius 2 is 1.87 bits per heavy atom. The van der Waals surface area contributed by atoms with E-state index in [2.05, 4.69) is 36.7 Å². The zero-order valence-electron chi connectivity index (χ0n) is 9.51. The molecule has 1 aromatic carbocycles. The average molecular weight is 269 g/mol. The van der Waals surface area contributed by atoms with Crippen LogP contribution in [0.5, 0.6) is 0 Å². The zero-order valence-corrected chi connectivity index (χ0v) is 11.1. The summed E-state index contributed by atoms with van der Waals surface area (Å²) in [6.45, 7) is 6.40. The van der Waals surface area contributed by atoms with Crippen LogP contribution in [-0.4, -0.2) is 11.1 Å². The molecule has 0 radical (unpaired) electrons. The average Bonchev–Trinajstić information content (AvgIpc) is 2.17. The minimum atomic E-state index is 0.0264. The molecule has 0 aliphatic rings. The zero-order chi connectivity index (χ0) is 11.5. The van der Waals surface area contributed by atoms with Gasteiger partial charge in [-0.2, -0.15) is 0 Å². The summed E-state index contributed by atoms with van der Waals surface area (Å²) in [7, 11) is 0. The van der Waals surface area contributed by atoms with Crippen LogP contribution < -0.4 is 0 Å². The monoisotopic (exact) mass is 268 g/mol. The Bertz CT molecular complexity index is 350. The summed E-state index contributed by atoms with van der Waals surface area (Å²) in [4.78, 5) is 11.9. The molecule has 1 rings (SSSR count). The number of benzene rings is 1. The first-order valence-electron chi connectivity index (χ1n) is 5.15. The lowest BCUT2D eigenvalue weighted by molar-refractivity contribution is 0.0987. The fourth-order valence-electron chi connectivity index (χ4n) is 1.60. The maximum Gasteiger partial charge on any atom is 0.164 e. The van der Waals surface area contributed by atoms with Gasteiger partial charge in [0.25, 0.3) is 0 Å². The summed E-state index contributed by atoms with van der Waals surface area (Å²) < 4.78 is 0. The van der Waals surface area contributed by atoms with Crippen molar-refractivity contribution in [1.82, 2.24) is 0 Å². The molecule has 0 heterocycles. The highest BCUT2D eigenvalue weighted by Gasteiger charge is 2.20. The normalized spacial score (nSPS) is 11.5. The van der Waals surface area contributed by atoms with Gasteiger partial charge in [-0.05, 0) is 11.0 Å². The Hall–Kier alpha value is -0.630. The van der Waals surface area contributed by atoms with E-state index in [1.165, 1.54) is 0 Å². The van der Waals surface area contributed by atoms with Crippen LogP contribution in [0.4, 0.5) is 0 Å². The third-order valence-corrected chi connectivity index (χ3v) is 2.75. The molecule has 2 heteroatoms. The van der Waals surface area contributed by atoms with Crippen LogP contribution in [0.15, 0.2) is 24.3 Å². The number of Topliss-reactive ketones (excluding diaryl/α,β-unsaturated/α-hetero) is 1.